The Labute approximate surface area is 94.8 Å². The molecule has 0 N–H and O–H groups in total. The highest BCUT2D eigenvalue weighted by molar-refractivity contribution is 5.95. The number of fused-ring (bicyclic) bond motifs is 1. The van der Waals surface area contributed by atoms with E-state index in [9.17, 15) is 4.79 Å². The fourth-order valence-electron chi connectivity index (χ4n) is 1.59. The molecule has 0 saturated heterocycles. The van der Waals surface area contributed by atoms with Crippen LogP contribution in [0, 0.1) is 0 Å². The molecule has 0 unspecified atom stereocenters. The SMILES string of the molecule is CCCOC(=O)c1ccc2ccccc2c1. The van der Waals surface area contributed by atoms with E-state index in [1.807, 2.05) is 43.3 Å². The van der Waals surface area contributed by atoms with Gasteiger partial charge in [0.25, 0.3) is 0 Å². The number of hydrogen-bond acceptors (Lipinski definition) is 2. The van der Waals surface area contributed by atoms with E-state index in [0.29, 0.717) is 12.2 Å². The van der Waals surface area contributed by atoms with Crippen LogP contribution in [-0.4, -0.2) is 12.6 Å². The van der Waals surface area contributed by atoms with Gasteiger partial charge in [-0.25, -0.2) is 4.79 Å². The molecule has 2 aromatic rings. The molecular weight excluding hydrogens is 200 g/mol. The maximum absolute atomic E-state index is 11.6. The average Bonchev–Trinajstić information content (AvgIpc) is 2.35. The van der Waals surface area contributed by atoms with E-state index in [0.717, 1.165) is 17.2 Å². The third kappa shape index (κ3) is 2.22. The van der Waals surface area contributed by atoms with Gasteiger partial charge in [0, 0.05) is 0 Å². The second-order valence-electron chi connectivity index (χ2n) is 3.70. The van der Waals surface area contributed by atoms with Gasteiger partial charge in [-0.05, 0) is 29.3 Å². The number of carbonyl (C=O) groups excluding carboxylic acids is 1. The maximum atomic E-state index is 11.6. The second-order valence-corrected chi connectivity index (χ2v) is 3.70. The summed E-state index contributed by atoms with van der Waals surface area (Å²) >= 11 is 0. The van der Waals surface area contributed by atoms with Gasteiger partial charge in [0.2, 0.25) is 0 Å². The number of hydrogen-bond donors (Lipinski definition) is 0. The number of rotatable bonds is 3. The van der Waals surface area contributed by atoms with Crippen molar-refractivity contribution < 1.29 is 9.53 Å². The summed E-state index contributed by atoms with van der Waals surface area (Å²) in [6.07, 6.45) is 0.847. The standard InChI is InChI=1S/C14H14O2/c1-2-9-16-14(15)13-8-7-11-5-3-4-6-12(11)10-13/h3-8,10H,2,9H2,1H3. The molecule has 2 aromatic carbocycles. The van der Waals surface area contributed by atoms with Crippen LogP contribution in [0.4, 0.5) is 0 Å². The quantitative estimate of drug-likeness (QED) is 0.732. The Morgan fingerprint density at radius 2 is 1.88 bits per heavy atom. The van der Waals surface area contributed by atoms with Crippen molar-refractivity contribution in [3.63, 3.8) is 0 Å². The molecule has 0 aromatic heterocycles. The van der Waals surface area contributed by atoms with Crippen molar-refractivity contribution in [1.82, 2.24) is 0 Å². The van der Waals surface area contributed by atoms with Crippen LogP contribution in [0.15, 0.2) is 42.5 Å². The van der Waals surface area contributed by atoms with Crippen LogP contribution < -0.4 is 0 Å². The molecule has 0 aliphatic carbocycles. The summed E-state index contributed by atoms with van der Waals surface area (Å²) in [5.74, 6) is -0.243. The Kier molecular flexibility index (Phi) is 3.20. The van der Waals surface area contributed by atoms with Gasteiger partial charge in [0.15, 0.2) is 0 Å². The summed E-state index contributed by atoms with van der Waals surface area (Å²) in [4.78, 5) is 11.6. The van der Waals surface area contributed by atoms with Crippen LogP contribution >= 0.6 is 0 Å². The predicted molar refractivity (Wildman–Crippen MR) is 64.5 cm³/mol. The largest absolute Gasteiger partial charge is 0.462 e. The topological polar surface area (TPSA) is 26.3 Å². The van der Waals surface area contributed by atoms with E-state index in [4.69, 9.17) is 4.74 Å². The van der Waals surface area contributed by atoms with Gasteiger partial charge in [-0.15, -0.1) is 0 Å². The van der Waals surface area contributed by atoms with Crippen molar-refractivity contribution in [2.75, 3.05) is 6.61 Å². The van der Waals surface area contributed by atoms with Crippen molar-refractivity contribution in [1.29, 1.82) is 0 Å². The zero-order valence-corrected chi connectivity index (χ0v) is 9.27. The molecule has 82 valence electrons. The van der Waals surface area contributed by atoms with Gasteiger partial charge in [0.05, 0.1) is 12.2 Å². The molecule has 2 rings (SSSR count). The Bertz CT molecular complexity index is 503. The molecule has 0 spiro atoms. The van der Waals surface area contributed by atoms with Gasteiger partial charge >= 0.3 is 5.97 Å². The average molecular weight is 214 g/mol. The van der Waals surface area contributed by atoms with Crippen LogP contribution in [0.1, 0.15) is 23.7 Å². The van der Waals surface area contributed by atoms with Crippen LogP contribution in [-0.2, 0) is 4.74 Å². The lowest BCUT2D eigenvalue weighted by Gasteiger charge is -2.04. The van der Waals surface area contributed by atoms with Crippen LogP contribution in [0.2, 0.25) is 0 Å². The fraction of sp³-hybridized carbons (Fsp3) is 0.214. The first-order valence-electron chi connectivity index (χ1n) is 5.47. The van der Waals surface area contributed by atoms with E-state index < -0.39 is 0 Å². The normalized spacial score (nSPS) is 10.3. The fourth-order valence-corrected chi connectivity index (χ4v) is 1.59. The first-order valence-corrected chi connectivity index (χ1v) is 5.47. The minimum Gasteiger partial charge on any atom is -0.462 e. The van der Waals surface area contributed by atoms with E-state index in [2.05, 4.69) is 0 Å². The first kappa shape index (κ1) is 10.7. The Morgan fingerprint density at radius 1 is 1.12 bits per heavy atom. The summed E-state index contributed by atoms with van der Waals surface area (Å²) in [5.41, 5.74) is 0.618. The summed E-state index contributed by atoms with van der Waals surface area (Å²) in [6.45, 7) is 2.46. The summed E-state index contributed by atoms with van der Waals surface area (Å²) in [7, 11) is 0. The van der Waals surface area contributed by atoms with Crippen LogP contribution in [0.25, 0.3) is 10.8 Å². The molecule has 0 fully saturated rings. The monoisotopic (exact) mass is 214 g/mol. The molecule has 0 amide bonds. The molecule has 0 heterocycles. The van der Waals surface area contributed by atoms with E-state index in [1.54, 1.807) is 6.07 Å². The summed E-state index contributed by atoms with van der Waals surface area (Å²) < 4.78 is 5.09. The highest BCUT2D eigenvalue weighted by atomic mass is 16.5. The van der Waals surface area contributed by atoms with Crippen LogP contribution in [0.5, 0.6) is 0 Å². The number of esters is 1. The van der Waals surface area contributed by atoms with E-state index >= 15 is 0 Å². The third-order valence-electron chi connectivity index (χ3n) is 2.42. The van der Waals surface area contributed by atoms with Crippen molar-refractivity contribution in [3.8, 4) is 0 Å². The van der Waals surface area contributed by atoms with Crippen molar-refractivity contribution in [2.45, 2.75) is 13.3 Å². The zero-order valence-electron chi connectivity index (χ0n) is 9.27. The summed E-state index contributed by atoms with van der Waals surface area (Å²) in [5, 5.41) is 2.20. The van der Waals surface area contributed by atoms with Crippen molar-refractivity contribution in [3.05, 3.63) is 48.0 Å². The Hall–Kier alpha value is -1.83. The Balaban J connectivity index is 2.28. The predicted octanol–water partition coefficient (Wildman–Crippen LogP) is 3.41. The number of carbonyl (C=O) groups is 1. The molecule has 0 bridgehead atoms. The number of benzene rings is 2. The van der Waals surface area contributed by atoms with Gasteiger partial charge in [-0.1, -0.05) is 37.3 Å². The highest BCUT2D eigenvalue weighted by Crippen LogP contribution is 2.16. The summed E-state index contributed by atoms with van der Waals surface area (Å²) in [6, 6.07) is 13.6. The molecule has 0 aliphatic heterocycles. The van der Waals surface area contributed by atoms with Crippen molar-refractivity contribution >= 4 is 16.7 Å². The molecule has 0 saturated carbocycles. The van der Waals surface area contributed by atoms with E-state index in [1.165, 1.54) is 0 Å². The van der Waals surface area contributed by atoms with Crippen LogP contribution in [0.3, 0.4) is 0 Å². The minimum absolute atomic E-state index is 0.243. The zero-order chi connectivity index (χ0) is 11.4. The lowest BCUT2D eigenvalue weighted by Crippen LogP contribution is -2.05. The second kappa shape index (κ2) is 4.79. The van der Waals surface area contributed by atoms with Gasteiger partial charge in [-0.3, -0.25) is 0 Å². The lowest BCUT2D eigenvalue weighted by atomic mass is 10.1. The van der Waals surface area contributed by atoms with Gasteiger partial charge in [0.1, 0.15) is 0 Å². The molecule has 2 heteroatoms. The first-order chi connectivity index (χ1) is 7.81. The van der Waals surface area contributed by atoms with Gasteiger partial charge < -0.3 is 4.74 Å². The maximum Gasteiger partial charge on any atom is 0.338 e. The van der Waals surface area contributed by atoms with Gasteiger partial charge in [-0.2, -0.15) is 0 Å². The van der Waals surface area contributed by atoms with E-state index in [-0.39, 0.29) is 5.97 Å². The molecule has 16 heavy (non-hydrogen) atoms. The molecule has 0 radical (unpaired) electrons. The third-order valence-corrected chi connectivity index (χ3v) is 2.42. The molecule has 0 aliphatic rings. The molecule has 2 nitrogen and oxygen atoms in total. The van der Waals surface area contributed by atoms with Crippen molar-refractivity contribution in [2.24, 2.45) is 0 Å². The number of ether oxygens (including phenoxy) is 1. The lowest BCUT2D eigenvalue weighted by molar-refractivity contribution is 0.0505. The Morgan fingerprint density at radius 3 is 2.62 bits per heavy atom. The highest BCUT2D eigenvalue weighted by Gasteiger charge is 2.06. The molecular formula is C14H14O2. The molecule has 0 atom stereocenters. The minimum atomic E-state index is -0.243. The smallest absolute Gasteiger partial charge is 0.338 e.